The largest absolute Gasteiger partial charge is 0.484 e. The van der Waals surface area contributed by atoms with Crippen LogP contribution in [0.3, 0.4) is 0 Å². The molecule has 0 heterocycles. The highest BCUT2D eigenvalue weighted by atomic mass is 32.2. The molecular formula is C16H18F3NO2S. The van der Waals surface area contributed by atoms with Crippen molar-refractivity contribution in [3.8, 4) is 5.75 Å². The van der Waals surface area contributed by atoms with Gasteiger partial charge in [0.1, 0.15) is 16.7 Å². The van der Waals surface area contributed by atoms with Crippen molar-refractivity contribution in [2.45, 2.75) is 38.1 Å². The summed E-state index contributed by atoms with van der Waals surface area (Å²) >= 11 is 0. The number of hydrogen-bond donors (Lipinski definition) is 0. The molecule has 0 N–H and O–H groups in total. The Hall–Kier alpha value is -1.63. The molecule has 1 atom stereocenters. The van der Waals surface area contributed by atoms with Gasteiger partial charge in [0.2, 0.25) is 0 Å². The fourth-order valence-corrected chi connectivity index (χ4v) is 2.57. The summed E-state index contributed by atoms with van der Waals surface area (Å²) in [6.45, 7) is 4.09. The Kier molecular flexibility index (Phi) is 4.98. The molecule has 1 aromatic carbocycles. The van der Waals surface area contributed by atoms with Crippen LogP contribution in [-0.4, -0.2) is 27.5 Å². The minimum atomic E-state index is -4.39. The van der Waals surface area contributed by atoms with E-state index in [4.69, 9.17) is 4.74 Å². The van der Waals surface area contributed by atoms with Crippen molar-refractivity contribution in [1.29, 1.82) is 0 Å². The van der Waals surface area contributed by atoms with E-state index >= 15 is 0 Å². The first-order valence-electron chi connectivity index (χ1n) is 7.05. The summed E-state index contributed by atoms with van der Waals surface area (Å²) in [6, 6.07) is 4.94. The molecule has 23 heavy (non-hydrogen) atoms. The predicted molar refractivity (Wildman–Crippen MR) is 86.1 cm³/mol. The second-order valence-electron chi connectivity index (χ2n) is 6.18. The van der Waals surface area contributed by atoms with Gasteiger partial charge in [-0.15, -0.1) is 0 Å². The third-order valence-corrected chi connectivity index (χ3v) is 4.55. The molecule has 1 aliphatic rings. The predicted octanol–water partition coefficient (Wildman–Crippen LogP) is 4.10. The normalized spacial score (nSPS) is 17.9. The van der Waals surface area contributed by atoms with Crippen molar-refractivity contribution in [2.75, 3.05) is 6.61 Å². The zero-order valence-electron chi connectivity index (χ0n) is 13.1. The Morgan fingerprint density at radius 3 is 2.52 bits per heavy atom. The lowest BCUT2D eigenvalue weighted by atomic mass is 9.95. The Labute approximate surface area is 135 Å². The van der Waals surface area contributed by atoms with Crippen LogP contribution in [0, 0.1) is 0 Å². The van der Waals surface area contributed by atoms with Crippen LogP contribution in [-0.2, 0) is 17.4 Å². The summed E-state index contributed by atoms with van der Waals surface area (Å²) in [4.78, 5) is 0. The summed E-state index contributed by atoms with van der Waals surface area (Å²) in [5, 5.41) is 0. The van der Waals surface area contributed by atoms with E-state index in [1.807, 2.05) is 20.8 Å². The molecule has 0 spiro atoms. The zero-order valence-corrected chi connectivity index (χ0v) is 13.9. The van der Waals surface area contributed by atoms with Crippen molar-refractivity contribution >= 4 is 22.8 Å². The smallest absolute Gasteiger partial charge is 0.422 e. The standard InChI is InChI=1S/C16H18F3NO2S/c1-15(2,3)23(21)20-12-8-7-11-5-4-6-14(13(11)9-12)22-10-16(17,18)19/h4-8H,9-10H2,1-3H3/t23-/m1/s1. The SMILES string of the molecule is CC(C)(C)[S@@](=O)N=C1C=Cc2cccc(OCC(F)(F)F)c2C1. The first-order valence-corrected chi connectivity index (χ1v) is 8.16. The van der Waals surface area contributed by atoms with E-state index in [0.717, 1.165) is 5.56 Å². The van der Waals surface area contributed by atoms with Crippen molar-refractivity contribution in [1.82, 2.24) is 0 Å². The molecule has 0 bridgehead atoms. The van der Waals surface area contributed by atoms with Crippen molar-refractivity contribution in [2.24, 2.45) is 4.40 Å². The van der Waals surface area contributed by atoms with Gasteiger partial charge in [0, 0.05) is 12.0 Å². The lowest BCUT2D eigenvalue weighted by molar-refractivity contribution is -0.153. The summed E-state index contributed by atoms with van der Waals surface area (Å²) in [7, 11) is -1.42. The highest BCUT2D eigenvalue weighted by Crippen LogP contribution is 2.29. The molecule has 2 rings (SSSR count). The molecule has 0 amide bonds. The highest BCUT2D eigenvalue weighted by Gasteiger charge is 2.29. The van der Waals surface area contributed by atoms with Gasteiger partial charge in [0.25, 0.3) is 0 Å². The molecular weight excluding hydrogens is 327 g/mol. The molecule has 3 nitrogen and oxygen atoms in total. The second-order valence-corrected chi connectivity index (χ2v) is 8.09. The maximum atomic E-state index is 12.4. The van der Waals surface area contributed by atoms with Gasteiger partial charge in [0.05, 0.1) is 10.5 Å². The molecule has 1 aromatic rings. The van der Waals surface area contributed by atoms with Gasteiger partial charge in [-0.2, -0.15) is 17.6 Å². The van der Waals surface area contributed by atoms with Crippen LogP contribution in [0.15, 0.2) is 28.7 Å². The first-order chi connectivity index (χ1) is 10.6. The van der Waals surface area contributed by atoms with Crippen LogP contribution >= 0.6 is 0 Å². The molecule has 7 heteroatoms. The lowest BCUT2D eigenvalue weighted by Gasteiger charge is -2.19. The van der Waals surface area contributed by atoms with Crippen LogP contribution in [0.1, 0.15) is 31.9 Å². The molecule has 0 aromatic heterocycles. The molecule has 0 saturated heterocycles. The van der Waals surface area contributed by atoms with E-state index in [9.17, 15) is 17.4 Å². The van der Waals surface area contributed by atoms with E-state index in [1.54, 1.807) is 24.3 Å². The summed E-state index contributed by atoms with van der Waals surface area (Å²) in [6.07, 6.45) is -0.614. The van der Waals surface area contributed by atoms with Crippen molar-refractivity contribution in [3.63, 3.8) is 0 Å². The molecule has 126 valence electrons. The van der Waals surface area contributed by atoms with E-state index in [1.165, 1.54) is 6.07 Å². The lowest BCUT2D eigenvalue weighted by Crippen LogP contribution is -2.22. The van der Waals surface area contributed by atoms with Crippen LogP contribution < -0.4 is 4.74 Å². The van der Waals surface area contributed by atoms with E-state index < -0.39 is 28.5 Å². The van der Waals surface area contributed by atoms with Gasteiger partial charge < -0.3 is 4.74 Å². The summed E-state index contributed by atoms with van der Waals surface area (Å²) in [5.74, 6) is 0.179. The monoisotopic (exact) mass is 345 g/mol. The molecule has 0 aliphatic heterocycles. The van der Waals surface area contributed by atoms with Crippen molar-refractivity contribution in [3.05, 3.63) is 35.4 Å². The minimum absolute atomic E-state index is 0.179. The molecule has 0 unspecified atom stereocenters. The highest BCUT2D eigenvalue weighted by molar-refractivity contribution is 7.85. The van der Waals surface area contributed by atoms with Gasteiger partial charge in [-0.3, -0.25) is 0 Å². The van der Waals surface area contributed by atoms with Gasteiger partial charge in [0.15, 0.2) is 6.61 Å². The number of alkyl halides is 3. The molecule has 0 saturated carbocycles. The third kappa shape index (κ3) is 4.92. The minimum Gasteiger partial charge on any atom is -0.484 e. The average molecular weight is 345 g/mol. The van der Waals surface area contributed by atoms with Crippen LogP contribution in [0.2, 0.25) is 0 Å². The Bertz CT molecular complexity index is 673. The quantitative estimate of drug-likeness (QED) is 0.827. The number of benzene rings is 1. The molecule has 0 radical (unpaired) electrons. The van der Waals surface area contributed by atoms with E-state index in [-0.39, 0.29) is 5.75 Å². The number of ether oxygens (including phenoxy) is 1. The summed E-state index contributed by atoms with van der Waals surface area (Å²) < 4.78 is 57.7. The van der Waals surface area contributed by atoms with Crippen LogP contribution in [0.5, 0.6) is 5.75 Å². The Balaban J connectivity index is 2.25. The van der Waals surface area contributed by atoms with Gasteiger partial charge in [-0.05, 0) is 38.5 Å². The number of allylic oxidation sites excluding steroid dienone is 1. The number of halogens is 3. The maximum Gasteiger partial charge on any atom is 0.422 e. The third-order valence-electron chi connectivity index (χ3n) is 3.10. The number of nitrogens with zero attached hydrogens (tertiary/aromatic N) is 1. The average Bonchev–Trinajstić information content (AvgIpc) is 2.43. The molecule has 1 aliphatic carbocycles. The van der Waals surface area contributed by atoms with Crippen molar-refractivity contribution < 1.29 is 22.1 Å². The van der Waals surface area contributed by atoms with E-state index in [0.29, 0.717) is 17.7 Å². The van der Waals surface area contributed by atoms with Gasteiger partial charge in [-0.1, -0.05) is 18.2 Å². The fraction of sp³-hybridized carbons (Fsp3) is 0.438. The molecule has 0 fully saturated rings. The summed E-state index contributed by atoms with van der Waals surface area (Å²) in [5.41, 5.74) is 1.97. The zero-order chi connectivity index (χ0) is 17.3. The number of fused-ring (bicyclic) bond motifs is 1. The number of rotatable bonds is 3. The number of hydrogen-bond acceptors (Lipinski definition) is 2. The van der Waals surface area contributed by atoms with E-state index in [2.05, 4.69) is 4.40 Å². The fourth-order valence-electron chi connectivity index (χ4n) is 1.95. The second kappa shape index (κ2) is 6.47. The van der Waals surface area contributed by atoms with Gasteiger partial charge in [-0.25, -0.2) is 4.21 Å². The van der Waals surface area contributed by atoms with Crippen LogP contribution in [0.4, 0.5) is 13.2 Å². The Morgan fingerprint density at radius 1 is 1.22 bits per heavy atom. The van der Waals surface area contributed by atoms with Crippen LogP contribution in [0.25, 0.3) is 6.08 Å². The Morgan fingerprint density at radius 2 is 1.91 bits per heavy atom. The maximum absolute atomic E-state index is 12.4. The first kappa shape index (κ1) is 17.7. The topological polar surface area (TPSA) is 38.7 Å². The van der Waals surface area contributed by atoms with Gasteiger partial charge >= 0.3 is 6.18 Å².